The van der Waals surface area contributed by atoms with Gasteiger partial charge in [-0.15, -0.1) is 0 Å². The summed E-state index contributed by atoms with van der Waals surface area (Å²) in [6.45, 7) is 5.88. The van der Waals surface area contributed by atoms with E-state index in [1.165, 1.54) is 0 Å². The van der Waals surface area contributed by atoms with Crippen LogP contribution in [0.4, 0.5) is 5.69 Å². The Kier molecular flexibility index (Phi) is 5.05. The molecule has 1 aromatic heterocycles. The lowest BCUT2D eigenvalue weighted by Gasteiger charge is -2.14. The first-order chi connectivity index (χ1) is 13.9. The fourth-order valence-electron chi connectivity index (χ4n) is 3.79. The van der Waals surface area contributed by atoms with Gasteiger partial charge in [0.1, 0.15) is 0 Å². The van der Waals surface area contributed by atoms with Gasteiger partial charge < -0.3 is 10.6 Å². The molecule has 1 heterocycles. The van der Waals surface area contributed by atoms with E-state index in [2.05, 4.69) is 10.6 Å². The molecule has 0 atom stereocenters. The molecule has 148 valence electrons. The van der Waals surface area contributed by atoms with E-state index in [9.17, 15) is 9.59 Å². The number of benzene rings is 2. The molecular formula is C24H25N3O2. The van der Waals surface area contributed by atoms with E-state index in [1.807, 2.05) is 63.2 Å². The average Bonchev–Trinajstić information content (AvgIpc) is 3.53. The van der Waals surface area contributed by atoms with E-state index in [-0.39, 0.29) is 18.4 Å². The third-order valence-corrected chi connectivity index (χ3v) is 5.33. The van der Waals surface area contributed by atoms with Gasteiger partial charge in [-0.05, 0) is 56.9 Å². The minimum atomic E-state index is -0.252. The summed E-state index contributed by atoms with van der Waals surface area (Å²) in [5.41, 5.74) is 6.34. The molecule has 0 unspecified atom stereocenters. The normalized spacial score (nSPS) is 13.3. The van der Waals surface area contributed by atoms with Crippen LogP contribution in [-0.2, 0) is 4.79 Å². The highest BCUT2D eigenvalue weighted by Gasteiger charge is 2.27. The number of hydrogen-bond donors (Lipinski definition) is 2. The van der Waals surface area contributed by atoms with Crippen LogP contribution < -0.4 is 10.6 Å². The van der Waals surface area contributed by atoms with Crippen LogP contribution in [0, 0.1) is 20.8 Å². The minimum absolute atomic E-state index is 0.0823. The number of nitrogens with zero attached hydrogens (tertiary/aromatic N) is 1. The van der Waals surface area contributed by atoms with Crippen molar-refractivity contribution in [3.05, 3.63) is 70.4 Å². The van der Waals surface area contributed by atoms with Gasteiger partial charge in [-0.2, -0.15) is 0 Å². The predicted octanol–water partition coefficient (Wildman–Crippen LogP) is 4.41. The number of aryl methyl sites for hydroxylation is 3. The number of anilines is 1. The fraction of sp³-hybridized carbons (Fsp3) is 0.292. The Morgan fingerprint density at radius 2 is 1.72 bits per heavy atom. The number of fused-ring (bicyclic) bond motifs is 1. The van der Waals surface area contributed by atoms with Gasteiger partial charge in [-0.25, -0.2) is 0 Å². The van der Waals surface area contributed by atoms with Crippen LogP contribution >= 0.6 is 0 Å². The molecule has 2 amide bonds. The van der Waals surface area contributed by atoms with Gasteiger partial charge in [0, 0.05) is 22.7 Å². The van der Waals surface area contributed by atoms with Crippen molar-refractivity contribution in [3.8, 4) is 0 Å². The van der Waals surface area contributed by atoms with Crippen molar-refractivity contribution >= 4 is 28.4 Å². The zero-order valence-corrected chi connectivity index (χ0v) is 17.0. The van der Waals surface area contributed by atoms with Crippen molar-refractivity contribution in [2.45, 2.75) is 39.5 Å². The van der Waals surface area contributed by atoms with Gasteiger partial charge in [-0.1, -0.05) is 35.9 Å². The molecule has 0 bridgehead atoms. The molecule has 1 saturated carbocycles. The van der Waals surface area contributed by atoms with E-state index in [0.29, 0.717) is 11.5 Å². The summed E-state index contributed by atoms with van der Waals surface area (Å²) >= 11 is 0. The lowest BCUT2D eigenvalue weighted by molar-refractivity contribution is -0.115. The second-order valence-electron chi connectivity index (χ2n) is 7.89. The summed E-state index contributed by atoms with van der Waals surface area (Å²) in [7, 11) is 0. The summed E-state index contributed by atoms with van der Waals surface area (Å²) in [6.07, 6.45) is 2.23. The molecule has 5 heteroatoms. The maximum Gasteiger partial charge on any atom is 0.252 e. The van der Waals surface area contributed by atoms with Crippen molar-refractivity contribution in [1.82, 2.24) is 10.3 Å². The van der Waals surface area contributed by atoms with Crippen molar-refractivity contribution in [3.63, 3.8) is 0 Å². The standard InChI is InChI=1S/C24H25N3O2/c1-14-10-15(2)23(16(3)11-14)27-22(28)13-25-24(29)19-12-21(17-8-9-17)26-20-7-5-4-6-18(19)20/h4-7,10-12,17H,8-9,13H2,1-3H3,(H,25,29)(H,27,28). The lowest BCUT2D eigenvalue weighted by Crippen LogP contribution is -2.33. The first kappa shape index (κ1) is 19.1. The van der Waals surface area contributed by atoms with E-state index in [1.54, 1.807) is 0 Å². The highest BCUT2D eigenvalue weighted by molar-refractivity contribution is 6.07. The summed E-state index contributed by atoms with van der Waals surface area (Å²) in [5, 5.41) is 6.50. The van der Waals surface area contributed by atoms with Crippen LogP contribution in [0.2, 0.25) is 0 Å². The van der Waals surface area contributed by atoms with Gasteiger partial charge in [0.05, 0.1) is 17.6 Å². The molecule has 0 saturated heterocycles. The second-order valence-corrected chi connectivity index (χ2v) is 7.89. The predicted molar refractivity (Wildman–Crippen MR) is 115 cm³/mol. The number of hydrogen-bond acceptors (Lipinski definition) is 3. The molecular weight excluding hydrogens is 362 g/mol. The third-order valence-electron chi connectivity index (χ3n) is 5.33. The Morgan fingerprint density at radius 1 is 1.03 bits per heavy atom. The molecule has 0 radical (unpaired) electrons. The molecule has 1 aliphatic rings. The first-order valence-corrected chi connectivity index (χ1v) is 9.98. The quantitative estimate of drug-likeness (QED) is 0.681. The Hall–Kier alpha value is -3.21. The molecule has 1 fully saturated rings. The van der Waals surface area contributed by atoms with E-state index in [0.717, 1.165) is 51.8 Å². The van der Waals surface area contributed by atoms with Gasteiger partial charge in [0.2, 0.25) is 5.91 Å². The number of rotatable bonds is 5. The third kappa shape index (κ3) is 4.14. The van der Waals surface area contributed by atoms with Gasteiger partial charge >= 0.3 is 0 Å². The molecule has 0 aliphatic heterocycles. The van der Waals surface area contributed by atoms with Crippen molar-refractivity contribution in [2.24, 2.45) is 0 Å². The van der Waals surface area contributed by atoms with Crippen molar-refractivity contribution in [1.29, 1.82) is 0 Å². The molecule has 0 spiro atoms. The Balaban J connectivity index is 1.49. The smallest absolute Gasteiger partial charge is 0.252 e. The highest BCUT2D eigenvalue weighted by atomic mass is 16.2. The second kappa shape index (κ2) is 7.66. The summed E-state index contributed by atoms with van der Waals surface area (Å²) in [4.78, 5) is 30.0. The number of carbonyl (C=O) groups is 2. The Labute approximate surface area is 170 Å². The van der Waals surface area contributed by atoms with Crippen LogP contribution in [0.15, 0.2) is 42.5 Å². The van der Waals surface area contributed by atoms with Crippen LogP contribution in [-0.4, -0.2) is 23.3 Å². The number of nitrogens with one attached hydrogen (secondary N) is 2. The van der Waals surface area contributed by atoms with Gasteiger partial charge in [0.25, 0.3) is 5.91 Å². The first-order valence-electron chi connectivity index (χ1n) is 9.98. The largest absolute Gasteiger partial charge is 0.343 e. The number of amides is 2. The van der Waals surface area contributed by atoms with Crippen LogP contribution in [0.5, 0.6) is 0 Å². The molecule has 1 aliphatic carbocycles. The number of para-hydroxylation sites is 1. The summed E-state index contributed by atoms with van der Waals surface area (Å²) in [6, 6.07) is 13.6. The number of carbonyl (C=O) groups excluding carboxylic acids is 2. The number of pyridine rings is 1. The molecule has 2 aromatic carbocycles. The summed E-state index contributed by atoms with van der Waals surface area (Å²) in [5.74, 6) is -0.0471. The Morgan fingerprint density at radius 3 is 2.41 bits per heavy atom. The van der Waals surface area contributed by atoms with Gasteiger partial charge in [0.15, 0.2) is 0 Å². The van der Waals surface area contributed by atoms with E-state index < -0.39 is 0 Å². The topological polar surface area (TPSA) is 71.1 Å². The Bertz CT molecular complexity index is 1090. The average molecular weight is 387 g/mol. The van der Waals surface area contributed by atoms with Crippen molar-refractivity contribution < 1.29 is 9.59 Å². The van der Waals surface area contributed by atoms with Crippen molar-refractivity contribution in [2.75, 3.05) is 11.9 Å². The SMILES string of the molecule is Cc1cc(C)c(NC(=O)CNC(=O)c2cc(C3CC3)nc3ccccc23)c(C)c1. The maximum absolute atomic E-state index is 12.9. The van der Waals surface area contributed by atoms with Crippen LogP contribution in [0.3, 0.4) is 0 Å². The fourth-order valence-corrected chi connectivity index (χ4v) is 3.79. The minimum Gasteiger partial charge on any atom is -0.343 e. The van der Waals surface area contributed by atoms with E-state index in [4.69, 9.17) is 4.98 Å². The van der Waals surface area contributed by atoms with Crippen LogP contribution in [0.1, 0.15) is 51.5 Å². The molecule has 29 heavy (non-hydrogen) atoms. The number of aromatic nitrogens is 1. The molecule has 5 nitrogen and oxygen atoms in total. The zero-order valence-electron chi connectivity index (χ0n) is 17.0. The maximum atomic E-state index is 12.9. The van der Waals surface area contributed by atoms with Crippen LogP contribution in [0.25, 0.3) is 10.9 Å². The lowest BCUT2D eigenvalue weighted by atomic mass is 10.0. The molecule has 3 aromatic rings. The zero-order chi connectivity index (χ0) is 20.5. The monoisotopic (exact) mass is 387 g/mol. The van der Waals surface area contributed by atoms with Gasteiger partial charge in [-0.3, -0.25) is 14.6 Å². The molecule has 4 rings (SSSR count). The van der Waals surface area contributed by atoms with E-state index >= 15 is 0 Å². The molecule has 2 N–H and O–H groups in total. The highest BCUT2D eigenvalue weighted by Crippen LogP contribution is 2.40. The summed E-state index contributed by atoms with van der Waals surface area (Å²) < 4.78 is 0.